The van der Waals surface area contributed by atoms with Crippen molar-refractivity contribution in [3.05, 3.63) is 29.3 Å². The third-order valence-electron chi connectivity index (χ3n) is 3.58. The first-order valence-electron chi connectivity index (χ1n) is 6.13. The largest absolute Gasteiger partial charge is 0.367 e. The van der Waals surface area contributed by atoms with Crippen LogP contribution in [0.3, 0.4) is 0 Å². The Morgan fingerprint density at radius 3 is 2.88 bits per heavy atom. The van der Waals surface area contributed by atoms with E-state index in [-0.39, 0.29) is 0 Å². The van der Waals surface area contributed by atoms with Crippen LogP contribution in [0.4, 0.5) is 5.69 Å². The highest BCUT2D eigenvalue weighted by Crippen LogP contribution is 2.31. The van der Waals surface area contributed by atoms with Crippen LogP contribution >= 0.6 is 0 Å². The summed E-state index contributed by atoms with van der Waals surface area (Å²) < 4.78 is 0. The molecule has 0 aromatic heterocycles. The van der Waals surface area contributed by atoms with E-state index in [4.69, 9.17) is 5.73 Å². The molecule has 1 heterocycles. The molecule has 3 nitrogen and oxygen atoms in total. The van der Waals surface area contributed by atoms with Crippen LogP contribution in [0.2, 0.25) is 0 Å². The fraction of sp³-hybridized carbons (Fsp3) is 0.500. The highest BCUT2D eigenvalue weighted by atomic mass is 15.2. The normalized spacial score (nSPS) is 23.8. The zero-order valence-corrected chi connectivity index (χ0v) is 10.5. The van der Waals surface area contributed by atoms with Gasteiger partial charge in [0.2, 0.25) is 0 Å². The van der Waals surface area contributed by atoms with Gasteiger partial charge in [-0.05, 0) is 50.4 Å². The third kappa shape index (κ3) is 2.27. The maximum absolute atomic E-state index is 9.18. The first-order valence-corrected chi connectivity index (χ1v) is 6.13. The predicted octanol–water partition coefficient (Wildman–Crippen LogP) is 2.04. The molecule has 3 heteroatoms. The quantitative estimate of drug-likeness (QED) is 0.844. The lowest BCUT2D eigenvalue weighted by atomic mass is 10.1. The molecule has 2 unspecified atom stereocenters. The second-order valence-corrected chi connectivity index (χ2v) is 4.97. The molecular formula is C14H19N3. The number of rotatable bonds is 2. The number of aryl methyl sites for hydroxylation is 1. The van der Waals surface area contributed by atoms with Crippen molar-refractivity contribution in [2.45, 2.75) is 26.3 Å². The number of benzene rings is 1. The Morgan fingerprint density at radius 1 is 1.53 bits per heavy atom. The summed E-state index contributed by atoms with van der Waals surface area (Å²) in [6.07, 6.45) is 1.12. The van der Waals surface area contributed by atoms with Crippen molar-refractivity contribution in [3.8, 4) is 6.07 Å². The van der Waals surface area contributed by atoms with Crippen molar-refractivity contribution >= 4 is 5.69 Å². The molecule has 1 aromatic rings. The second kappa shape index (κ2) is 4.77. The highest BCUT2D eigenvalue weighted by molar-refractivity contribution is 5.61. The summed E-state index contributed by atoms with van der Waals surface area (Å²) in [4.78, 5) is 2.32. The standard InChI is InChI=1S/C14H19N3/c1-10-3-4-13(8-16)14(5-10)17-9-12(7-15)6-11(17)2/h3-5,11-12H,6-7,9,15H2,1-2H3. The summed E-state index contributed by atoms with van der Waals surface area (Å²) in [5.74, 6) is 0.553. The van der Waals surface area contributed by atoms with Crippen molar-refractivity contribution in [1.29, 1.82) is 5.26 Å². The van der Waals surface area contributed by atoms with E-state index >= 15 is 0 Å². The molecule has 1 aliphatic heterocycles. The smallest absolute Gasteiger partial charge is 0.101 e. The molecule has 1 saturated heterocycles. The molecular weight excluding hydrogens is 210 g/mol. The Kier molecular flexibility index (Phi) is 3.35. The summed E-state index contributed by atoms with van der Waals surface area (Å²) in [6, 6.07) is 8.75. The minimum Gasteiger partial charge on any atom is -0.367 e. The van der Waals surface area contributed by atoms with Crippen LogP contribution in [-0.4, -0.2) is 19.1 Å². The lowest BCUT2D eigenvalue weighted by molar-refractivity contribution is 0.579. The zero-order chi connectivity index (χ0) is 12.4. The van der Waals surface area contributed by atoms with E-state index in [9.17, 15) is 5.26 Å². The third-order valence-corrected chi connectivity index (χ3v) is 3.58. The number of nitrogens with zero attached hydrogens (tertiary/aromatic N) is 2. The topological polar surface area (TPSA) is 53.0 Å². The van der Waals surface area contributed by atoms with Crippen LogP contribution in [0.25, 0.3) is 0 Å². The van der Waals surface area contributed by atoms with E-state index in [2.05, 4.69) is 30.9 Å². The fourth-order valence-electron chi connectivity index (χ4n) is 2.62. The molecule has 0 bridgehead atoms. The van der Waals surface area contributed by atoms with Crippen molar-refractivity contribution in [2.75, 3.05) is 18.0 Å². The summed E-state index contributed by atoms with van der Waals surface area (Å²) >= 11 is 0. The number of nitrogens with two attached hydrogens (primary N) is 1. The van der Waals surface area contributed by atoms with Gasteiger partial charge in [0.1, 0.15) is 6.07 Å². The molecule has 1 aliphatic rings. The Hall–Kier alpha value is -1.53. The fourth-order valence-corrected chi connectivity index (χ4v) is 2.62. The Balaban J connectivity index is 2.34. The van der Waals surface area contributed by atoms with E-state index in [1.54, 1.807) is 0 Å². The van der Waals surface area contributed by atoms with Gasteiger partial charge in [0.25, 0.3) is 0 Å². The summed E-state index contributed by atoms with van der Waals surface area (Å²) in [6.45, 7) is 5.97. The molecule has 0 aliphatic carbocycles. The molecule has 0 saturated carbocycles. The zero-order valence-electron chi connectivity index (χ0n) is 10.5. The van der Waals surface area contributed by atoms with Gasteiger partial charge in [0.05, 0.1) is 11.3 Å². The van der Waals surface area contributed by atoms with Gasteiger partial charge in [0.15, 0.2) is 0 Å². The van der Waals surface area contributed by atoms with E-state index in [0.717, 1.165) is 30.8 Å². The number of nitriles is 1. The van der Waals surface area contributed by atoms with Crippen molar-refractivity contribution in [3.63, 3.8) is 0 Å². The Morgan fingerprint density at radius 2 is 2.29 bits per heavy atom. The second-order valence-electron chi connectivity index (χ2n) is 4.97. The highest BCUT2D eigenvalue weighted by Gasteiger charge is 2.29. The van der Waals surface area contributed by atoms with E-state index in [1.165, 1.54) is 5.56 Å². The molecule has 1 fully saturated rings. The first kappa shape index (κ1) is 11.9. The van der Waals surface area contributed by atoms with Crippen LogP contribution in [-0.2, 0) is 0 Å². The first-order chi connectivity index (χ1) is 8.15. The van der Waals surface area contributed by atoms with Gasteiger partial charge in [-0.15, -0.1) is 0 Å². The maximum Gasteiger partial charge on any atom is 0.101 e. The van der Waals surface area contributed by atoms with E-state index < -0.39 is 0 Å². The van der Waals surface area contributed by atoms with Gasteiger partial charge in [0, 0.05) is 12.6 Å². The number of anilines is 1. The molecule has 0 spiro atoms. The average molecular weight is 229 g/mol. The Labute approximate surface area is 103 Å². The summed E-state index contributed by atoms with van der Waals surface area (Å²) in [7, 11) is 0. The number of hydrogen-bond acceptors (Lipinski definition) is 3. The van der Waals surface area contributed by atoms with Crippen LogP contribution < -0.4 is 10.6 Å². The maximum atomic E-state index is 9.18. The lowest BCUT2D eigenvalue weighted by Gasteiger charge is -2.25. The van der Waals surface area contributed by atoms with E-state index in [1.807, 2.05) is 12.1 Å². The van der Waals surface area contributed by atoms with Gasteiger partial charge in [-0.25, -0.2) is 0 Å². The van der Waals surface area contributed by atoms with Gasteiger partial charge in [-0.1, -0.05) is 6.07 Å². The Bertz CT molecular complexity index is 447. The minimum absolute atomic E-state index is 0.470. The van der Waals surface area contributed by atoms with E-state index in [0.29, 0.717) is 12.0 Å². The predicted molar refractivity (Wildman–Crippen MR) is 69.9 cm³/mol. The van der Waals surface area contributed by atoms with Gasteiger partial charge in [-0.3, -0.25) is 0 Å². The van der Waals surface area contributed by atoms with Crippen LogP contribution in [0.15, 0.2) is 18.2 Å². The molecule has 2 atom stereocenters. The summed E-state index contributed by atoms with van der Waals surface area (Å²) in [5.41, 5.74) is 8.77. The molecule has 2 rings (SSSR count). The van der Waals surface area contributed by atoms with Gasteiger partial charge in [-0.2, -0.15) is 5.26 Å². The van der Waals surface area contributed by atoms with Crippen LogP contribution in [0, 0.1) is 24.2 Å². The molecule has 90 valence electrons. The monoisotopic (exact) mass is 229 g/mol. The van der Waals surface area contributed by atoms with Gasteiger partial charge >= 0.3 is 0 Å². The number of hydrogen-bond donors (Lipinski definition) is 1. The van der Waals surface area contributed by atoms with Crippen molar-refractivity contribution in [2.24, 2.45) is 11.7 Å². The molecule has 0 amide bonds. The average Bonchev–Trinajstić information content (AvgIpc) is 2.70. The molecule has 17 heavy (non-hydrogen) atoms. The van der Waals surface area contributed by atoms with Crippen molar-refractivity contribution in [1.82, 2.24) is 0 Å². The molecule has 1 aromatic carbocycles. The lowest BCUT2D eigenvalue weighted by Crippen LogP contribution is -2.28. The van der Waals surface area contributed by atoms with Crippen molar-refractivity contribution < 1.29 is 0 Å². The van der Waals surface area contributed by atoms with Crippen LogP contribution in [0.5, 0.6) is 0 Å². The summed E-state index contributed by atoms with van der Waals surface area (Å²) in [5, 5.41) is 9.18. The molecule has 0 radical (unpaired) electrons. The van der Waals surface area contributed by atoms with Crippen LogP contribution in [0.1, 0.15) is 24.5 Å². The van der Waals surface area contributed by atoms with Gasteiger partial charge < -0.3 is 10.6 Å². The molecule has 2 N–H and O–H groups in total. The minimum atomic E-state index is 0.470. The SMILES string of the molecule is Cc1ccc(C#N)c(N2CC(CN)CC2C)c1.